The standard InChI is InChI=1S/C18H20F2N2O4S2/c1-13-3-4-14(2)18(11-13)28(25,26)22-9-7-21(8-10-22)27(23,24)15-5-6-16(19)17(20)12-15/h3-6,11-12H,7-10H2,1-2H3. The lowest BCUT2D eigenvalue weighted by atomic mass is 10.2. The zero-order valence-electron chi connectivity index (χ0n) is 15.4. The first kappa shape index (κ1) is 20.8. The summed E-state index contributed by atoms with van der Waals surface area (Å²) in [5.74, 6) is -2.39. The number of hydrogen-bond acceptors (Lipinski definition) is 4. The predicted octanol–water partition coefficient (Wildman–Crippen LogP) is 2.28. The van der Waals surface area contributed by atoms with Crippen LogP contribution >= 0.6 is 0 Å². The van der Waals surface area contributed by atoms with E-state index in [1.54, 1.807) is 26.0 Å². The zero-order chi connectivity index (χ0) is 20.7. The molecule has 1 saturated heterocycles. The Morgan fingerprint density at radius 1 is 0.750 bits per heavy atom. The quantitative estimate of drug-likeness (QED) is 0.746. The van der Waals surface area contributed by atoms with Gasteiger partial charge in [0, 0.05) is 26.2 Å². The number of nitrogens with zero attached hydrogens (tertiary/aromatic N) is 2. The van der Waals surface area contributed by atoms with E-state index in [0.29, 0.717) is 11.6 Å². The number of sulfonamides is 2. The summed E-state index contributed by atoms with van der Waals surface area (Å²) in [4.78, 5) is -0.165. The van der Waals surface area contributed by atoms with Crippen molar-refractivity contribution in [2.75, 3.05) is 26.2 Å². The molecule has 0 N–H and O–H groups in total. The van der Waals surface area contributed by atoms with E-state index in [-0.39, 0.29) is 36.0 Å². The third kappa shape index (κ3) is 3.82. The molecule has 2 aromatic carbocycles. The minimum Gasteiger partial charge on any atom is -0.207 e. The molecule has 0 atom stereocenters. The summed E-state index contributed by atoms with van der Waals surface area (Å²) < 4.78 is 80.0. The van der Waals surface area contributed by atoms with E-state index in [1.807, 2.05) is 6.07 Å². The van der Waals surface area contributed by atoms with Crippen molar-refractivity contribution in [2.24, 2.45) is 0 Å². The average Bonchev–Trinajstić information content (AvgIpc) is 2.65. The molecule has 0 aromatic heterocycles. The van der Waals surface area contributed by atoms with E-state index in [2.05, 4.69) is 0 Å². The van der Waals surface area contributed by atoms with Gasteiger partial charge in [-0.3, -0.25) is 0 Å². The fourth-order valence-corrected chi connectivity index (χ4v) is 6.23. The smallest absolute Gasteiger partial charge is 0.207 e. The van der Waals surface area contributed by atoms with Crippen LogP contribution in [0.4, 0.5) is 8.78 Å². The molecule has 1 fully saturated rings. The van der Waals surface area contributed by atoms with Crippen molar-refractivity contribution in [3.05, 3.63) is 59.2 Å². The Labute approximate surface area is 163 Å². The second kappa shape index (κ2) is 7.51. The van der Waals surface area contributed by atoms with Crippen LogP contribution in [0.3, 0.4) is 0 Å². The van der Waals surface area contributed by atoms with Crippen molar-refractivity contribution in [1.82, 2.24) is 8.61 Å². The monoisotopic (exact) mass is 430 g/mol. The fourth-order valence-electron chi connectivity index (χ4n) is 3.06. The van der Waals surface area contributed by atoms with Gasteiger partial charge in [0.2, 0.25) is 20.0 Å². The van der Waals surface area contributed by atoms with Gasteiger partial charge in [0.15, 0.2) is 11.6 Å². The normalized spacial score (nSPS) is 17.0. The van der Waals surface area contributed by atoms with Crippen molar-refractivity contribution >= 4 is 20.0 Å². The lowest BCUT2D eigenvalue weighted by molar-refractivity contribution is 0.272. The molecule has 0 saturated carbocycles. The van der Waals surface area contributed by atoms with Crippen molar-refractivity contribution in [3.8, 4) is 0 Å². The lowest BCUT2D eigenvalue weighted by Crippen LogP contribution is -2.50. The molecule has 0 spiro atoms. The van der Waals surface area contributed by atoms with Gasteiger partial charge in [0.05, 0.1) is 9.79 Å². The SMILES string of the molecule is Cc1ccc(C)c(S(=O)(=O)N2CCN(S(=O)(=O)c3ccc(F)c(F)c3)CC2)c1. The molecule has 2 aromatic rings. The van der Waals surface area contributed by atoms with E-state index in [9.17, 15) is 25.6 Å². The molecule has 1 aliphatic heterocycles. The lowest BCUT2D eigenvalue weighted by Gasteiger charge is -2.33. The highest BCUT2D eigenvalue weighted by molar-refractivity contribution is 7.89. The van der Waals surface area contributed by atoms with E-state index < -0.39 is 31.7 Å². The van der Waals surface area contributed by atoms with Gasteiger partial charge >= 0.3 is 0 Å². The number of rotatable bonds is 4. The van der Waals surface area contributed by atoms with Gasteiger partial charge in [-0.15, -0.1) is 0 Å². The number of aryl methyl sites for hydroxylation is 2. The fraction of sp³-hybridized carbons (Fsp3) is 0.333. The molecule has 6 nitrogen and oxygen atoms in total. The molecule has 152 valence electrons. The Morgan fingerprint density at radius 3 is 1.89 bits per heavy atom. The highest BCUT2D eigenvalue weighted by Crippen LogP contribution is 2.25. The Morgan fingerprint density at radius 2 is 1.32 bits per heavy atom. The molecule has 0 unspecified atom stereocenters. The van der Waals surface area contributed by atoms with Crippen LogP contribution in [0.15, 0.2) is 46.2 Å². The molecule has 3 rings (SSSR count). The molecular formula is C18H20F2N2O4S2. The van der Waals surface area contributed by atoms with E-state index in [0.717, 1.165) is 22.0 Å². The van der Waals surface area contributed by atoms with E-state index in [1.165, 1.54) is 4.31 Å². The first-order chi connectivity index (χ1) is 13.0. The minimum atomic E-state index is -4.04. The van der Waals surface area contributed by atoms with E-state index in [4.69, 9.17) is 0 Å². The topological polar surface area (TPSA) is 74.8 Å². The van der Waals surface area contributed by atoms with Gasteiger partial charge in [-0.2, -0.15) is 8.61 Å². The second-order valence-electron chi connectivity index (χ2n) is 6.65. The van der Waals surface area contributed by atoms with Crippen LogP contribution in [-0.4, -0.2) is 51.6 Å². The maximum absolute atomic E-state index is 13.4. The largest absolute Gasteiger partial charge is 0.243 e. The Bertz CT molecular complexity index is 1110. The van der Waals surface area contributed by atoms with Crippen molar-refractivity contribution in [1.29, 1.82) is 0 Å². The third-order valence-electron chi connectivity index (χ3n) is 4.69. The highest BCUT2D eigenvalue weighted by atomic mass is 32.2. The Kier molecular flexibility index (Phi) is 5.59. The first-order valence-corrected chi connectivity index (χ1v) is 11.4. The van der Waals surface area contributed by atoms with Crippen LogP contribution < -0.4 is 0 Å². The summed E-state index contributed by atoms with van der Waals surface area (Å²) in [7, 11) is -7.80. The zero-order valence-corrected chi connectivity index (χ0v) is 17.0. The number of hydrogen-bond donors (Lipinski definition) is 0. The minimum absolute atomic E-state index is 0.0291. The summed E-state index contributed by atoms with van der Waals surface area (Å²) >= 11 is 0. The van der Waals surface area contributed by atoms with Gasteiger partial charge in [-0.25, -0.2) is 25.6 Å². The van der Waals surface area contributed by atoms with Crippen LogP contribution in [0.1, 0.15) is 11.1 Å². The van der Waals surface area contributed by atoms with Crippen molar-refractivity contribution in [2.45, 2.75) is 23.6 Å². The summed E-state index contributed by atoms with van der Waals surface area (Å²) in [5.41, 5.74) is 1.42. The van der Waals surface area contributed by atoms with Gasteiger partial charge in [0.25, 0.3) is 0 Å². The summed E-state index contributed by atoms with van der Waals surface area (Å²) in [6, 6.07) is 7.52. The highest BCUT2D eigenvalue weighted by Gasteiger charge is 2.34. The van der Waals surface area contributed by atoms with Gasteiger partial charge in [0.1, 0.15) is 0 Å². The Balaban J connectivity index is 1.80. The molecule has 0 radical (unpaired) electrons. The second-order valence-corrected chi connectivity index (χ2v) is 10.5. The summed E-state index contributed by atoms with van der Waals surface area (Å²) in [6.07, 6.45) is 0. The molecular weight excluding hydrogens is 410 g/mol. The summed E-state index contributed by atoms with van der Waals surface area (Å²) in [6.45, 7) is 3.29. The van der Waals surface area contributed by atoms with Crippen LogP contribution in [-0.2, 0) is 20.0 Å². The third-order valence-corrected chi connectivity index (χ3v) is 8.62. The maximum atomic E-state index is 13.4. The van der Waals surface area contributed by atoms with E-state index >= 15 is 0 Å². The average molecular weight is 430 g/mol. The number of piperazine rings is 1. The van der Waals surface area contributed by atoms with Gasteiger partial charge < -0.3 is 0 Å². The first-order valence-electron chi connectivity index (χ1n) is 8.56. The number of halogens is 2. The molecule has 10 heteroatoms. The van der Waals surface area contributed by atoms with Crippen molar-refractivity contribution < 1.29 is 25.6 Å². The van der Waals surface area contributed by atoms with Crippen LogP contribution in [0.2, 0.25) is 0 Å². The molecule has 28 heavy (non-hydrogen) atoms. The van der Waals surface area contributed by atoms with Crippen LogP contribution in [0.25, 0.3) is 0 Å². The van der Waals surface area contributed by atoms with Gasteiger partial charge in [-0.05, 0) is 49.2 Å². The Hall–Kier alpha value is -1.88. The number of benzene rings is 2. The van der Waals surface area contributed by atoms with Crippen LogP contribution in [0.5, 0.6) is 0 Å². The molecule has 0 aliphatic carbocycles. The molecule has 1 heterocycles. The molecule has 1 aliphatic rings. The maximum Gasteiger partial charge on any atom is 0.243 e. The van der Waals surface area contributed by atoms with Crippen LogP contribution in [0, 0.1) is 25.5 Å². The predicted molar refractivity (Wildman–Crippen MR) is 99.8 cm³/mol. The van der Waals surface area contributed by atoms with Crippen molar-refractivity contribution in [3.63, 3.8) is 0 Å². The molecule has 0 bridgehead atoms. The molecule has 0 amide bonds. The van der Waals surface area contributed by atoms with Gasteiger partial charge in [-0.1, -0.05) is 12.1 Å². The summed E-state index contributed by atoms with van der Waals surface area (Å²) in [5, 5.41) is 0.